The number of aliphatic hydroxyl groups excluding tert-OH is 1. The SMILES string of the molecule is CC[C@@H](C(=O)C1([C@H](CC(=O)O)O[Si](C)(C)C(C)(C)C)CCC1)[C@@H](O[Si](C)(C)C(C)(C)C)[C@@H](C)CCC/C(C)=C/C[C@H](O)/C(C)=C/c1csc(C)n1. The van der Waals surface area contributed by atoms with Crippen LogP contribution in [0.15, 0.2) is 22.6 Å². The van der Waals surface area contributed by atoms with Gasteiger partial charge in [-0.2, -0.15) is 0 Å². The zero-order chi connectivity index (χ0) is 39.2. The highest BCUT2D eigenvalue weighted by molar-refractivity contribution is 7.09. The topological polar surface area (TPSA) is 106 Å². The first-order chi connectivity index (χ1) is 23.3. The van der Waals surface area contributed by atoms with Crippen LogP contribution in [0.3, 0.4) is 0 Å². The monoisotopic (exact) mass is 763 g/mol. The van der Waals surface area contributed by atoms with E-state index in [1.165, 1.54) is 5.57 Å². The lowest BCUT2D eigenvalue weighted by molar-refractivity contribution is -0.156. The Labute approximate surface area is 317 Å². The van der Waals surface area contributed by atoms with Gasteiger partial charge in [-0.1, -0.05) is 73.5 Å². The molecule has 0 unspecified atom stereocenters. The van der Waals surface area contributed by atoms with Crippen molar-refractivity contribution >= 4 is 45.8 Å². The first-order valence-electron chi connectivity index (χ1n) is 19.3. The minimum Gasteiger partial charge on any atom is -0.481 e. The number of aromatic nitrogens is 1. The van der Waals surface area contributed by atoms with Crippen LogP contribution in [0.2, 0.25) is 36.3 Å². The van der Waals surface area contributed by atoms with Crippen LogP contribution in [-0.4, -0.2) is 61.9 Å². The van der Waals surface area contributed by atoms with Crippen LogP contribution in [0.4, 0.5) is 0 Å². The van der Waals surface area contributed by atoms with Gasteiger partial charge in [-0.3, -0.25) is 9.59 Å². The highest BCUT2D eigenvalue weighted by atomic mass is 32.1. The third-order valence-electron chi connectivity index (χ3n) is 12.4. The van der Waals surface area contributed by atoms with E-state index in [1.54, 1.807) is 11.3 Å². The number of ketones is 1. The van der Waals surface area contributed by atoms with Gasteiger partial charge in [0.05, 0.1) is 40.8 Å². The van der Waals surface area contributed by atoms with Crippen molar-refractivity contribution in [2.75, 3.05) is 0 Å². The molecule has 1 saturated carbocycles. The molecule has 0 aliphatic heterocycles. The third-order valence-corrected chi connectivity index (χ3v) is 22.1. The van der Waals surface area contributed by atoms with E-state index in [0.717, 1.165) is 42.0 Å². The Kier molecular flexibility index (Phi) is 16.4. The van der Waals surface area contributed by atoms with Gasteiger partial charge >= 0.3 is 5.97 Å². The van der Waals surface area contributed by atoms with Crippen molar-refractivity contribution in [2.45, 2.75) is 189 Å². The van der Waals surface area contributed by atoms with Crippen LogP contribution >= 0.6 is 11.3 Å². The molecular formula is C41H73NO6SSi2. The number of aliphatic carboxylic acids is 1. The molecule has 5 atom stereocenters. The lowest BCUT2D eigenvalue weighted by Gasteiger charge is -2.52. The maximum absolute atomic E-state index is 15.1. The molecule has 0 bridgehead atoms. The molecule has 1 aromatic heterocycles. The van der Waals surface area contributed by atoms with E-state index in [-0.39, 0.29) is 40.2 Å². The second-order valence-electron chi connectivity index (χ2n) is 18.5. The zero-order valence-corrected chi connectivity index (χ0v) is 37.7. The zero-order valence-electron chi connectivity index (χ0n) is 34.9. The lowest BCUT2D eigenvalue weighted by Crippen LogP contribution is -2.59. The Bertz CT molecular complexity index is 1360. The summed E-state index contributed by atoms with van der Waals surface area (Å²) >= 11 is 1.61. The van der Waals surface area contributed by atoms with Crippen molar-refractivity contribution in [3.05, 3.63) is 33.3 Å². The van der Waals surface area contributed by atoms with Crippen molar-refractivity contribution in [2.24, 2.45) is 17.3 Å². The summed E-state index contributed by atoms with van der Waals surface area (Å²) in [7, 11) is -4.63. The first-order valence-corrected chi connectivity index (χ1v) is 26.0. The second-order valence-corrected chi connectivity index (χ2v) is 29.1. The van der Waals surface area contributed by atoms with Gasteiger partial charge in [0.2, 0.25) is 0 Å². The number of hydrogen-bond donors (Lipinski definition) is 2. The smallest absolute Gasteiger partial charge is 0.305 e. The molecule has 51 heavy (non-hydrogen) atoms. The molecule has 1 heterocycles. The number of carbonyl (C=O) groups is 2. The van der Waals surface area contributed by atoms with E-state index >= 15 is 4.79 Å². The minimum atomic E-state index is -2.36. The largest absolute Gasteiger partial charge is 0.481 e. The molecule has 1 aliphatic rings. The number of allylic oxidation sites excluding steroid dienone is 1. The molecule has 0 aromatic carbocycles. The minimum absolute atomic E-state index is 0.0250. The first kappa shape index (κ1) is 45.7. The molecule has 10 heteroatoms. The summed E-state index contributed by atoms with van der Waals surface area (Å²) in [6, 6.07) is 0. The number of thiazole rings is 1. The van der Waals surface area contributed by atoms with Gasteiger partial charge in [0.1, 0.15) is 5.78 Å². The summed E-state index contributed by atoms with van der Waals surface area (Å²) in [6.45, 7) is 32.4. The van der Waals surface area contributed by atoms with Crippen LogP contribution in [0.1, 0.15) is 138 Å². The summed E-state index contributed by atoms with van der Waals surface area (Å²) in [5.41, 5.74) is 2.25. The summed E-state index contributed by atoms with van der Waals surface area (Å²) in [5, 5.41) is 23.8. The average molecular weight is 764 g/mol. The van der Waals surface area contributed by atoms with E-state index in [2.05, 4.69) is 99.6 Å². The molecular weight excluding hydrogens is 691 g/mol. The van der Waals surface area contributed by atoms with Gasteiger partial charge in [-0.15, -0.1) is 11.3 Å². The standard InChI is InChI=1S/C41H73NO6SSi2/c1-16-33(38(46)41(23-18-24-41)35(26-36(44)45)47-50(12,13)39(6,7)8)37(48-51(14,15)40(9,10)11)29(3)20-17-19-28(2)21-22-34(43)30(4)25-32-27-49-31(5)42-32/h21,25,27,29,33-35,37,43H,16-20,22-24,26H2,1-15H3,(H,44,45)/b28-21+,30-25+/t29-,33+,34-,35-,37-/m0/s1. The van der Waals surface area contributed by atoms with Gasteiger partial charge in [0.15, 0.2) is 16.6 Å². The third kappa shape index (κ3) is 12.3. The van der Waals surface area contributed by atoms with E-state index in [9.17, 15) is 15.0 Å². The fraction of sp³-hybridized carbons (Fsp3) is 0.780. The van der Waals surface area contributed by atoms with Crippen LogP contribution in [-0.2, 0) is 18.4 Å². The highest BCUT2D eigenvalue weighted by Gasteiger charge is 2.57. The molecule has 0 amide bonds. The van der Waals surface area contributed by atoms with Gasteiger partial charge in [0.25, 0.3) is 0 Å². The van der Waals surface area contributed by atoms with E-state index in [0.29, 0.717) is 25.7 Å². The molecule has 1 aromatic rings. The average Bonchev–Trinajstić information content (AvgIpc) is 3.37. The second kappa shape index (κ2) is 18.3. The summed E-state index contributed by atoms with van der Waals surface area (Å²) in [5.74, 6) is -0.964. The van der Waals surface area contributed by atoms with Gasteiger partial charge in [-0.25, -0.2) is 4.98 Å². The molecule has 292 valence electrons. The highest BCUT2D eigenvalue weighted by Crippen LogP contribution is 2.53. The molecule has 1 fully saturated rings. The van der Waals surface area contributed by atoms with E-state index in [4.69, 9.17) is 8.85 Å². The van der Waals surface area contributed by atoms with Crippen molar-refractivity contribution in [1.82, 2.24) is 4.98 Å². The Morgan fingerprint density at radius 3 is 2.06 bits per heavy atom. The molecule has 0 radical (unpaired) electrons. The van der Waals surface area contributed by atoms with Crippen LogP contribution in [0.5, 0.6) is 0 Å². The van der Waals surface area contributed by atoms with Crippen molar-refractivity contribution < 1.29 is 28.7 Å². The lowest BCUT2D eigenvalue weighted by atomic mass is 9.58. The molecule has 1 aliphatic carbocycles. The predicted octanol–water partition coefficient (Wildman–Crippen LogP) is 11.4. The number of Topliss-reactive ketones (excluding diaryl/α,β-unsaturated/α-hetero) is 1. The number of nitrogens with zero attached hydrogens (tertiary/aromatic N) is 1. The summed E-state index contributed by atoms with van der Waals surface area (Å²) in [4.78, 5) is 31.8. The number of carboxylic acids is 1. The van der Waals surface area contributed by atoms with E-state index in [1.807, 2.05) is 25.3 Å². The van der Waals surface area contributed by atoms with Gasteiger partial charge in [0, 0.05) is 11.3 Å². The molecule has 0 spiro atoms. The fourth-order valence-corrected chi connectivity index (χ4v) is 9.99. The predicted molar refractivity (Wildman–Crippen MR) is 219 cm³/mol. The molecule has 2 N–H and O–H groups in total. The van der Waals surface area contributed by atoms with Gasteiger partial charge < -0.3 is 19.1 Å². The molecule has 7 nitrogen and oxygen atoms in total. The fourth-order valence-electron chi connectivity index (χ4n) is 6.62. The molecule has 2 rings (SSSR count). The van der Waals surface area contributed by atoms with Crippen LogP contribution in [0, 0.1) is 24.2 Å². The number of hydrogen-bond acceptors (Lipinski definition) is 7. The van der Waals surface area contributed by atoms with Crippen LogP contribution in [0.25, 0.3) is 6.08 Å². The van der Waals surface area contributed by atoms with Crippen molar-refractivity contribution in [3.8, 4) is 0 Å². The maximum atomic E-state index is 15.1. The number of carbonyl (C=O) groups excluding carboxylic acids is 1. The number of carboxylic acid groups (broad SMARTS) is 1. The summed E-state index contributed by atoms with van der Waals surface area (Å²) in [6.07, 6.45) is 8.74. The number of rotatable bonds is 20. The maximum Gasteiger partial charge on any atom is 0.305 e. The quantitative estimate of drug-likeness (QED) is 0.101. The normalized spacial score (nSPS) is 19.2. The van der Waals surface area contributed by atoms with E-state index < -0.39 is 40.2 Å². The Balaban J connectivity index is 2.32. The Morgan fingerprint density at radius 2 is 1.61 bits per heavy atom. The Morgan fingerprint density at radius 1 is 1.04 bits per heavy atom. The Hall–Kier alpha value is -1.44. The van der Waals surface area contributed by atoms with Crippen molar-refractivity contribution in [1.29, 1.82) is 0 Å². The number of aliphatic hydroxyl groups is 1. The van der Waals surface area contributed by atoms with Crippen LogP contribution < -0.4 is 0 Å². The van der Waals surface area contributed by atoms with Gasteiger partial charge in [-0.05, 0) is 120 Å². The number of aryl methyl sites for hydroxylation is 1. The van der Waals surface area contributed by atoms with Crippen molar-refractivity contribution in [3.63, 3.8) is 0 Å². The summed E-state index contributed by atoms with van der Waals surface area (Å²) < 4.78 is 14.1. The molecule has 0 saturated heterocycles.